The first-order chi connectivity index (χ1) is 16.3. The van der Waals surface area contributed by atoms with Crippen molar-refractivity contribution < 1.29 is 17.9 Å². The molecule has 0 spiro atoms. The molecule has 1 amide bonds. The van der Waals surface area contributed by atoms with E-state index in [4.69, 9.17) is 9.72 Å². The van der Waals surface area contributed by atoms with Crippen molar-refractivity contribution >= 4 is 42.6 Å². The number of sulfonamides is 1. The summed E-state index contributed by atoms with van der Waals surface area (Å²) in [6.07, 6.45) is 0.799. The van der Waals surface area contributed by atoms with Crippen molar-refractivity contribution in [3.8, 4) is 0 Å². The molecule has 0 radical (unpaired) electrons. The first-order valence-corrected chi connectivity index (χ1v) is 13.5. The van der Waals surface area contributed by atoms with E-state index in [9.17, 15) is 13.2 Å². The molecule has 8 nitrogen and oxygen atoms in total. The van der Waals surface area contributed by atoms with Crippen molar-refractivity contribution in [3.63, 3.8) is 0 Å². The van der Waals surface area contributed by atoms with Crippen LogP contribution in [0.5, 0.6) is 0 Å². The molecule has 0 atom stereocenters. The topological polar surface area (TPSA) is 83.0 Å². The highest BCUT2D eigenvalue weighted by Crippen LogP contribution is 2.31. The number of anilines is 1. The molecular weight excluding hydrogens is 472 g/mol. The van der Waals surface area contributed by atoms with E-state index < -0.39 is 10.0 Å². The van der Waals surface area contributed by atoms with Crippen molar-refractivity contribution in [2.24, 2.45) is 0 Å². The van der Waals surface area contributed by atoms with E-state index >= 15 is 0 Å². The number of fused-ring (bicyclic) bond motifs is 1. The van der Waals surface area contributed by atoms with Crippen LogP contribution in [0.3, 0.4) is 0 Å². The molecule has 4 rings (SSSR count). The molecule has 1 fully saturated rings. The number of hydrogen-bond acceptors (Lipinski definition) is 7. The van der Waals surface area contributed by atoms with Gasteiger partial charge in [0, 0.05) is 45.8 Å². The number of carbonyl (C=O) groups excluding carboxylic acids is 1. The fraction of sp³-hybridized carbons (Fsp3) is 0.417. The van der Waals surface area contributed by atoms with E-state index in [0.717, 1.165) is 59.4 Å². The molecule has 1 aliphatic heterocycles. The van der Waals surface area contributed by atoms with Gasteiger partial charge in [-0.15, -0.1) is 0 Å². The fourth-order valence-corrected chi connectivity index (χ4v) is 5.82. The van der Waals surface area contributed by atoms with E-state index in [1.165, 1.54) is 37.6 Å². The van der Waals surface area contributed by atoms with Crippen LogP contribution in [0, 0.1) is 6.92 Å². The Labute approximate surface area is 204 Å². The molecular formula is C24H30N4O4S2. The van der Waals surface area contributed by atoms with Crippen molar-refractivity contribution in [1.82, 2.24) is 14.2 Å². The summed E-state index contributed by atoms with van der Waals surface area (Å²) in [6, 6.07) is 12.2. The van der Waals surface area contributed by atoms with E-state index in [2.05, 4.69) is 11.0 Å². The summed E-state index contributed by atoms with van der Waals surface area (Å²) < 4.78 is 32.4. The summed E-state index contributed by atoms with van der Waals surface area (Å²) in [5.41, 5.74) is 2.44. The lowest BCUT2D eigenvalue weighted by atomic mass is 10.2. The van der Waals surface area contributed by atoms with Crippen LogP contribution in [0.1, 0.15) is 22.3 Å². The van der Waals surface area contributed by atoms with Crippen LogP contribution in [0.15, 0.2) is 47.4 Å². The molecule has 10 heteroatoms. The molecule has 0 aliphatic carbocycles. The molecule has 2 aromatic carbocycles. The lowest BCUT2D eigenvalue weighted by Crippen LogP contribution is -2.39. The summed E-state index contributed by atoms with van der Waals surface area (Å²) in [7, 11) is -0.586. The Morgan fingerprint density at radius 2 is 1.82 bits per heavy atom. The summed E-state index contributed by atoms with van der Waals surface area (Å²) in [4.78, 5) is 22.5. The lowest BCUT2D eigenvalue weighted by molar-refractivity contribution is 0.0376. The highest BCUT2D eigenvalue weighted by atomic mass is 32.2. The highest BCUT2D eigenvalue weighted by molar-refractivity contribution is 7.89. The van der Waals surface area contributed by atoms with Crippen LogP contribution >= 0.6 is 11.3 Å². The lowest BCUT2D eigenvalue weighted by Gasteiger charge is -2.27. The number of amides is 1. The molecule has 34 heavy (non-hydrogen) atoms. The van der Waals surface area contributed by atoms with Gasteiger partial charge in [0.15, 0.2) is 5.13 Å². The highest BCUT2D eigenvalue weighted by Gasteiger charge is 2.23. The minimum atomic E-state index is -3.56. The van der Waals surface area contributed by atoms with Crippen LogP contribution in [0.25, 0.3) is 10.2 Å². The average Bonchev–Trinajstić information content (AvgIpc) is 3.25. The minimum absolute atomic E-state index is 0.156. The van der Waals surface area contributed by atoms with Crippen molar-refractivity contribution in [3.05, 3.63) is 53.6 Å². The van der Waals surface area contributed by atoms with Gasteiger partial charge < -0.3 is 4.74 Å². The maximum atomic E-state index is 13.6. The SMILES string of the molecule is Cc1ccc2nc(N(CCCN3CCOCC3)C(=O)c3ccc(S(=O)(=O)N(C)C)cc3)sc2c1. The number of nitrogens with zero attached hydrogens (tertiary/aromatic N) is 4. The second-order valence-corrected chi connectivity index (χ2v) is 11.7. The molecule has 182 valence electrons. The van der Waals surface area contributed by atoms with Gasteiger partial charge >= 0.3 is 0 Å². The summed E-state index contributed by atoms with van der Waals surface area (Å²) in [5.74, 6) is -0.188. The molecule has 0 N–H and O–H groups in total. The third kappa shape index (κ3) is 5.47. The fourth-order valence-electron chi connectivity index (χ4n) is 3.83. The Balaban J connectivity index is 1.58. The summed E-state index contributed by atoms with van der Waals surface area (Å²) in [5, 5.41) is 0.651. The molecule has 0 saturated carbocycles. The zero-order chi connectivity index (χ0) is 24.3. The number of morpholine rings is 1. The van der Waals surface area contributed by atoms with Crippen molar-refractivity contribution in [2.45, 2.75) is 18.2 Å². The van der Waals surface area contributed by atoms with Gasteiger partial charge in [-0.25, -0.2) is 17.7 Å². The first-order valence-electron chi connectivity index (χ1n) is 11.3. The van der Waals surface area contributed by atoms with Crippen LogP contribution in [0.4, 0.5) is 5.13 Å². The van der Waals surface area contributed by atoms with Gasteiger partial charge in [0.25, 0.3) is 5.91 Å². The molecule has 3 aromatic rings. The number of aromatic nitrogens is 1. The molecule has 0 bridgehead atoms. The van der Waals surface area contributed by atoms with E-state index in [1.807, 2.05) is 19.1 Å². The van der Waals surface area contributed by atoms with Crippen molar-refractivity contribution in [1.29, 1.82) is 0 Å². The average molecular weight is 503 g/mol. The second kappa shape index (κ2) is 10.5. The van der Waals surface area contributed by atoms with E-state index in [1.54, 1.807) is 17.0 Å². The van der Waals surface area contributed by atoms with Gasteiger partial charge in [-0.3, -0.25) is 14.6 Å². The Kier molecular flexibility index (Phi) is 7.63. The molecule has 0 unspecified atom stereocenters. The summed E-state index contributed by atoms with van der Waals surface area (Å²) in [6.45, 7) is 6.70. The molecule has 2 heterocycles. The zero-order valence-corrected chi connectivity index (χ0v) is 21.4. The number of hydrogen-bond donors (Lipinski definition) is 0. The quantitative estimate of drug-likeness (QED) is 0.470. The van der Waals surface area contributed by atoms with Gasteiger partial charge in [0.2, 0.25) is 10.0 Å². The second-order valence-electron chi connectivity index (χ2n) is 8.54. The van der Waals surface area contributed by atoms with Crippen LogP contribution < -0.4 is 4.90 Å². The third-order valence-corrected chi connectivity index (χ3v) is 8.72. The van der Waals surface area contributed by atoms with Crippen LogP contribution in [-0.4, -0.2) is 82.0 Å². The Bertz CT molecular complexity index is 1250. The van der Waals surface area contributed by atoms with E-state index in [0.29, 0.717) is 17.2 Å². The number of rotatable bonds is 8. The van der Waals surface area contributed by atoms with E-state index in [-0.39, 0.29) is 10.8 Å². The largest absolute Gasteiger partial charge is 0.379 e. The predicted molar refractivity (Wildman–Crippen MR) is 135 cm³/mol. The maximum Gasteiger partial charge on any atom is 0.260 e. The standard InChI is InChI=1S/C24H30N4O4S2/c1-18-5-10-21-22(17-18)33-24(25-21)28(12-4-11-27-13-15-32-16-14-27)23(29)19-6-8-20(9-7-19)34(30,31)26(2)3/h5-10,17H,4,11-16H2,1-3H3. The van der Waals surface area contributed by atoms with Gasteiger partial charge in [-0.1, -0.05) is 17.4 Å². The summed E-state index contributed by atoms with van der Waals surface area (Å²) >= 11 is 1.50. The monoisotopic (exact) mass is 502 g/mol. The van der Waals surface area contributed by atoms with Gasteiger partial charge in [0.1, 0.15) is 0 Å². The van der Waals surface area contributed by atoms with Gasteiger partial charge in [-0.05, 0) is 55.3 Å². The third-order valence-electron chi connectivity index (χ3n) is 5.85. The Hall–Kier alpha value is -2.37. The van der Waals surface area contributed by atoms with Crippen LogP contribution in [-0.2, 0) is 14.8 Å². The zero-order valence-electron chi connectivity index (χ0n) is 19.7. The maximum absolute atomic E-state index is 13.6. The minimum Gasteiger partial charge on any atom is -0.379 e. The number of ether oxygens (including phenoxy) is 1. The van der Waals surface area contributed by atoms with Gasteiger partial charge in [0.05, 0.1) is 28.3 Å². The van der Waals surface area contributed by atoms with Crippen molar-refractivity contribution in [2.75, 3.05) is 58.4 Å². The Morgan fingerprint density at radius 1 is 1.12 bits per heavy atom. The first kappa shape index (κ1) is 24.7. The molecule has 1 aliphatic rings. The number of benzene rings is 2. The normalized spacial score (nSPS) is 15.2. The van der Waals surface area contributed by atoms with Gasteiger partial charge in [-0.2, -0.15) is 0 Å². The number of carbonyl (C=O) groups is 1. The van der Waals surface area contributed by atoms with Crippen LogP contribution in [0.2, 0.25) is 0 Å². The molecule has 1 saturated heterocycles. The Morgan fingerprint density at radius 3 is 2.50 bits per heavy atom. The predicted octanol–water partition coefficient (Wildman–Crippen LogP) is 3.22. The number of aryl methyl sites for hydroxylation is 1. The molecule has 1 aromatic heterocycles. The smallest absolute Gasteiger partial charge is 0.260 e. The number of thiazole rings is 1.